The second kappa shape index (κ2) is 5.50. The van der Waals surface area contributed by atoms with Gasteiger partial charge in [-0.2, -0.15) is 5.26 Å². The fourth-order valence-corrected chi connectivity index (χ4v) is 2.05. The maximum atomic E-state index is 11.9. The van der Waals surface area contributed by atoms with Crippen LogP contribution in [0.4, 0.5) is 0 Å². The monoisotopic (exact) mass is 238 g/mol. The van der Waals surface area contributed by atoms with E-state index < -0.39 is 5.41 Å². The lowest BCUT2D eigenvalue weighted by atomic mass is 9.69. The highest BCUT2D eigenvalue weighted by Crippen LogP contribution is 2.40. The summed E-state index contributed by atoms with van der Waals surface area (Å²) in [5.41, 5.74) is -0.786. The first kappa shape index (κ1) is 14.0. The van der Waals surface area contributed by atoms with E-state index in [1.54, 1.807) is 0 Å². The van der Waals surface area contributed by atoms with Crippen LogP contribution in [0.5, 0.6) is 0 Å². The van der Waals surface area contributed by atoms with Crippen LogP contribution in [0.25, 0.3) is 0 Å². The number of aliphatic hydroxyl groups is 1. The van der Waals surface area contributed by atoms with E-state index in [-0.39, 0.29) is 17.9 Å². The topological polar surface area (TPSA) is 73.1 Å². The molecule has 0 saturated heterocycles. The molecule has 0 radical (unpaired) electrons. The standard InChI is InChI=1S/C13H22N2O2/c1-12(2,5-4-8-16)10-15-11(17)13(9-14)6-3-7-13/h16H,3-8,10H2,1-2H3,(H,15,17). The Morgan fingerprint density at radius 3 is 2.59 bits per heavy atom. The Bertz CT molecular complexity index is 314. The molecule has 1 fully saturated rings. The Morgan fingerprint density at radius 1 is 1.53 bits per heavy atom. The summed E-state index contributed by atoms with van der Waals surface area (Å²) in [7, 11) is 0. The number of nitrogens with one attached hydrogen (secondary N) is 1. The average Bonchev–Trinajstić information content (AvgIpc) is 2.23. The van der Waals surface area contributed by atoms with E-state index in [1.165, 1.54) is 0 Å². The normalized spacial score (nSPS) is 18.0. The Hall–Kier alpha value is -1.08. The number of hydrogen-bond acceptors (Lipinski definition) is 3. The van der Waals surface area contributed by atoms with Gasteiger partial charge in [-0.1, -0.05) is 13.8 Å². The van der Waals surface area contributed by atoms with Crippen LogP contribution in [0.2, 0.25) is 0 Å². The summed E-state index contributed by atoms with van der Waals surface area (Å²) in [5, 5.41) is 20.7. The highest BCUT2D eigenvalue weighted by atomic mass is 16.2. The van der Waals surface area contributed by atoms with Crippen LogP contribution in [0, 0.1) is 22.2 Å². The second-order valence-electron chi connectivity index (χ2n) is 5.72. The van der Waals surface area contributed by atoms with E-state index in [1.807, 2.05) is 0 Å². The van der Waals surface area contributed by atoms with Crippen LogP contribution in [0.3, 0.4) is 0 Å². The molecule has 4 nitrogen and oxygen atoms in total. The lowest BCUT2D eigenvalue weighted by Gasteiger charge is -2.35. The number of nitrogens with zero attached hydrogens (tertiary/aromatic N) is 1. The maximum absolute atomic E-state index is 11.9. The molecule has 0 atom stereocenters. The van der Waals surface area contributed by atoms with Gasteiger partial charge < -0.3 is 10.4 Å². The van der Waals surface area contributed by atoms with Crippen molar-refractivity contribution >= 4 is 5.91 Å². The molecule has 0 aromatic carbocycles. The molecule has 0 bridgehead atoms. The van der Waals surface area contributed by atoms with E-state index >= 15 is 0 Å². The van der Waals surface area contributed by atoms with Crippen molar-refractivity contribution in [1.82, 2.24) is 5.32 Å². The summed E-state index contributed by atoms with van der Waals surface area (Å²) >= 11 is 0. The fourth-order valence-electron chi connectivity index (χ4n) is 2.05. The minimum atomic E-state index is -0.757. The van der Waals surface area contributed by atoms with Crippen molar-refractivity contribution in [2.45, 2.75) is 46.0 Å². The minimum absolute atomic E-state index is 0.0290. The summed E-state index contributed by atoms with van der Waals surface area (Å²) in [6.45, 7) is 4.86. The Kier molecular flexibility index (Phi) is 4.53. The molecule has 1 aliphatic rings. The van der Waals surface area contributed by atoms with Gasteiger partial charge in [0, 0.05) is 13.2 Å². The molecule has 1 rings (SSSR count). The van der Waals surface area contributed by atoms with E-state index in [0.29, 0.717) is 19.4 Å². The van der Waals surface area contributed by atoms with Crippen LogP contribution < -0.4 is 5.32 Å². The number of carbonyl (C=O) groups is 1. The number of carbonyl (C=O) groups excluding carboxylic acids is 1. The minimum Gasteiger partial charge on any atom is -0.396 e. The van der Waals surface area contributed by atoms with Crippen LogP contribution in [-0.2, 0) is 4.79 Å². The first-order valence-corrected chi connectivity index (χ1v) is 6.26. The fraction of sp³-hybridized carbons (Fsp3) is 0.846. The van der Waals surface area contributed by atoms with Crippen molar-refractivity contribution in [3.05, 3.63) is 0 Å². The number of nitriles is 1. The van der Waals surface area contributed by atoms with E-state index in [9.17, 15) is 4.79 Å². The zero-order valence-corrected chi connectivity index (χ0v) is 10.8. The van der Waals surface area contributed by atoms with Gasteiger partial charge >= 0.3 is 0 Å². The van der Waals surface area contributed by atoms with Gasteiger partial charge in [0.05, 0.1) is 6.07 Å². The molecular formula is C13H22N2O2. The lowest BCUT2D eigenvalue weighted by Crippen LogP contribution is -2.47. The van der Waals surface area contributed by atoms with Crippen molar-refractivity contribution in [2.24, 2.45) is 10.8 Å². The summed E-state index contributed by atoms with van der Waals surface area (Å²) in [6, 6.07) is 2.14. The molecule has 0 aliphatic heterocycles. The van der Waals surface area contributed by atoms with Crippen LogP contribution in [0.15, 0.2) is 0 Å². The SMILES string of the molecule is CC(C)(CCCO)CNC(=O)C1(C#N)CCC1. The Balaban J connectivity index is 2.40. The van der Waals surface area contributed by atoms with Gasteiger partial charge in [-0.3, -0.25) is 4.79 Å². The lowest BCUT2D eigenvalue weighted by molar-refractivity contribution is -0.132. The van der Waals surface area contributed by atoms with Crippen LogP contribution in [0.1, 0.15) is 46.0 Å². The van der Waals surface area contributed by atoms with Crippen molar-refractivity contribution in [1.29, 1.82) is 5.26 Å². The maximum Gasteiger partial charge on any atom is 0.240 e. The molecule has 96 valence electrons. The molecule has 0 aromatic rings. The first-order chi connectivity index (χ1) is 7.96. The smallest absolute Gasteiger partial charge is 0.240 e. The third kappa shape index (κ3) is 3.44. The Labute approximate surface area is 103 Å². The van der Waals surface area contributed by atoms with Gasteiger partial charge in [0.1, 0.15) is 5.41 Å². The molecule has 1 saturated carbocycles. The molecular weight excluding hydrogens is 216 g/mol. The van der Waals surface area contributed by atoms with Crippen LogP contribution in [-0.4, -0.2) is 24.2 Å². The second-order valence-corrected chi connectivity index (χ2v) is 5.72. The highest BCUT2D eigenvalue weighted by Gasteiger charge is 2.44. The highest BCUT2D eigenvalue weighted by molar-refractivity contribution is 5.86. The number of amides is 1. The largest absolute Gasteiger partial charge is 0.396 e. The molecule has 4 heteroatoms. The first-order valence-electron chi connectivity index (χ1n) is 6.26. The number of aliphatic hydroxyl groups excluding tert-OH is 1. The molecule has 0 unspecified atom stereocenters. The van der Waals surface area contributed by atoms with Gasteiger partial charge in [0.25, 0.3) is 0 Å². The van der Waals surface area contributed by atoms with Gasteiger partial charge in [-0.15, -0.1) is 0 Å². The summed E-state index contributed by atoms with van der Waals surface area (Å²) in [5.74, 6) is -0.122. The molecule has 17 heavy (non-hydrogen) atoms. The third-order valence-corrected chi connectivity index (χ3v) is 3.59. The van der Waals surface area contributed by atoms with Crippen molar-refractivity contribution in [3.8, 4) is 6.07 Å². The zero-order valence-electron chi connectivity index (χ0n) is 10.8. The van der Waals surface area contributed by atoms with Gasteiger partial charge in [-0.25, -0.2) is 0 Å². The molecule has 0 heterocycles. The molecule has 0 spiro atoms. The Morgan fingerprint density at radius 2 is 2.18 bits per heavy atom. The van der Waals surface area contributed by atoms with E-state index in [2.05, 4.69) is 25.2 Å². The molecule has 1 aliphatic carbocycles. The molecule has 2 N–H and O–H groups in total. The summed E-state index contributed by atoms with van der Waals surface area (Å²) < 4.78 is 0. The van der Waals surface area contributed by atoms with Gasteiger partial charge in [0.2, 0.25) is 5.91 Å². The third-order valence-electron chi connectivity index (χ3n) is 3.59. The van der Waals surface area contributed by atoms with E-state index in [0.717, 1.165) is 19.3 Å². The van der Waals surface area contributed by atoms with Gasteiger partial charge in [-0.05, 0) is 37.5 Å². The van der Waals surface area contributed by atoms with Crippen molar-refractivity contribution in [3.63, 3.8) is 0 Å². The van der Waals surface area contributed by atoms with Crippen molar-refractivity contribution in [2.75, 3.05) is 13.2 Å². The number of rotatable bonds is 6. The molecule has 1 amide bonds. The number of hydrogen-bond donors (Lipinski definition) is 2. The summed E-state index contributed by atoms with van der Waals surface area (Å²) in [6.07, 6.45) is 3.95. The molecule has 0 aromatic heterocycles. The van der Waals surface area contributed by atoms with Crippen molar-refractivity contribution < 1.29 is 9.90 Å². The zero-order chi connectivity index (χ0) is 12.9. The average molecular weight is 238 g/mol. The van der Waals surface area contributed by atoms with Crippen LogP contribution >= 0.6 is 0 Å². The summed E-state index contributed by atoms with van der Waals surface area (Å²) in [4.78, 5) is 11.9. The van der Waals surface area contributed by atoms with Gasteiger partial charge in [0.15, 0.2) is 0 Å². The predicted molar refractivity (Wildman–Crippen MR) is 65.0 cm³/mol. The van der Waals surface area contributed by atoms with E-state index in [4.69, 9.17) is 10.4 Å². The quantitative estimate of drug-likeness (QED) is 0.738. The predicted octanol–water partition coefficient (Wildman–Crippen LogP) is 1.60.